The largest absolute Gasteiger partial charge is 0.469 e. The smallest absolute Gasteiger partial charge is 0.306 e. The van der Waals surface area contributed by atoms with E-state index in [0.717, 1.165) is 32.1 Å². The predicted octanol–water partition coefficient (Wildman–Crippen LogP) is 0.874. The van der Waals surface area contributed by atoms with Gasteiger partial charge in [0.2, 0.25) is 10.0 Å². The Morgan fingerprint density at radius 2 is 1.90 bits per heavy atom. The Balaban J connectivity index is 2.04. The number of carbonyl (C=O) groups is 1. The molecule has 0 aromatic carbocycles. The number of fused-ring (bicyclic) bond motifs is 2. The van der Waals surface area contributed by atoms with E-state index in [0.29, 0.717) is 18.6 Å². The molecule has 122 valence electrons. The second-order valence-corrected chi connectivity index (χ2v) is 8.06. The highest BCUT2D eigenvalue weighted by atomic mass is 32.2. The molecule has 6 nitrogen and oxygen atoms in total. The summed E-state index contributed by atoms with van der Waals surface area (Å²) >= 11 is 0. The van der Waals surface area contributed by atoms with Gasteiger partial charge in [-0.05, 0) is 32.1 Å². The van der Waals surface area contributed by atoms with Gasteiger partial charge in [-0.3, -0.25) is 4.79 Å². The number of nitrogens with one attached hydrogen (secondary N) is 1. The number of rotatable bonds is 7. The number of sulfonamides is 1. The van der Waals surface area contributed by atoms with E-state index in [1.54, 1.807) is 4.31 Å². The van der Waals surface area contributed by atoms with Crippen LogP contribution in [0.3, 0.4) is 0 Å². The molecular weight excluding hydrogens is 292 g/mol. The molecule has 2 aliphatic rings. The second-order valence-electron chi connectivity index (χ2n) is 6.02. The minimum absolute atomic E-state index is 0.0725. The van der Waals surface area contributed by atoms with E-state index in [9.17, 15) is 13.2 Å². The summed E-state index contributed by atoms with van der Waals surface area (Å²) in [4.78, 5) is 11.2. The molecule has 2 rings (SSSR count). The minimum atomic E-state index is -3.40. The van der Waals surface area contributed by atoms with Crippen molar-refractivity contribution in [2.45, 2.75) is 63.6 Å². The van der Waals surface area contributed by atoms with Crippen LogP contribution in [0.25, 0.3) is 0 Å². The summed E-state index contributed by atoms with van der Waals surface area (Å²) in [5.74, 6) is -0.626. The van der Waals surface area contributed by atoms with E-state index >= 15 is 0 Å². The Morgan fingerprint density at radius 3 is 2.43 bits per heavy atom. The van der Waals surface area contributed by atoms with Crippen LogP contribution in [0, 0.1) is 0 Å². The normalized spacial score (nSPS) is 28.8. The van der Waals surface area contributed by atoms with E-state index in [1.807, 2.05) is 6.92 Å². The lowest BCUT2D eigenvalue weighted by atomic mass is 10.00. The maximum Gasteiger partial charge on any atom is 0.306 e. The quantitative estimate of drug-likeness (QED) is 0.705. The zero-order chi connectivity index (χ0) is 15.5. The van der Waals surface area contributed by atoms with Gasteiger partial charge in [-0.15, -0.1) is 0 Å². The molecule has 2 atom stereocenters. The zero-order valence-electron chi connectivity index (χ0n) is 12.9. The molecule has 0 radical (unpaired) electrons. The minimum Gasteiger partial charge on any atom is -0.469 e. The molecule has 0 amide bonds. The molecule has 0 spiro atoms. The van der Waals surface area contributed by atoms with Crippen molar-refractivity contribution in [1.29, 1.82) is 0 Å². The molecule has 2 saturated heterocycles. The number of carbonyl (C=O) groups excluding carboxylic acids is 1. The zero-order valence-corrected chi connectivity index (χ0v) is 13.7. The lowest BCUT2D eigenvalue weighted by Gasteiger charge is -2.36. The SMILES string of the molecule is CCCN(C1CC2CCC(C1)N2)S(=O)(=O)CCC(=O)OC. The van der Waals surface area contributed by atoms with Crippen molar-refractivity contribution >= 4 is 16.0 Å². The number of ether oxygens (including phenoxy) is 1. The number of hydrogen-bond donors (Lipinski definition) is 1. The number of methoxy groups -OCH3 is 1. The van der Waals surface area contributed by atoms with Crippen molar-refractivity contribution in [2.75, 3.05) is 19.4 Å². The molecule has 2 aliphatic heterocycles. The molecule has 2 heterocycles. The van der Waals surface area contributed by atoms with E-state index in [-0.39, 0.29) is 18.2 Å². The Hall–Kier alpha value is -0.660. The Labute approximate surface area is 127 Å². The van der Waals surface area contributed by atoms with E-state index < -0.39 is 16.0 Å². The summed E-state index contributed by atoms with van der Waals surface area (Å²) in [7, 11) is -2.12. The first-order valence-electron chi connectivity index (χ1n) is 7.78. The van der Waals surface area contributed by atoms with Crippen LogP contribution in [0.2, 0.25) is 0 Å². The predicted molar refractivity (Wildman–Crippen MR) is 80.4 cm³/mol. The van der Waals surface area contributed by atoms with Gasteiger partial charge in [-0.1, -0.05) is 6.92 Å². The van der Waals surface area contributed by atoms with Crippen LogP contribution in [0.4, 0.5) is 0 Å². The fourth-order valence-electron chi connectivity index (χ4n) is 3.46. The summed E-state index contributed by atoms with van der Waals surface area (Å²) < 4.78 is 31.3. The topological polar surface area (TPSA) is 75.7 Å². The average molecular weight is 318 g/mol. The molecule has 1 N–H and O–H groups in total. The van der Waals surface area contributed by atoms with Crippen LogP contribution in [0.1, 0.15) is 45.4 Å². The molecule has 7 heteroatoms. The van der Waals surface area contributed by atoms with Crippen LogP contribution in [0.15, 0.2) is 0 Å². The fraction of sp³-hybridized carbons (Fsp3) is 0.929. The van der Waals surface area contributed by atoms with Gasteiger partial charge >= 0.3 is 5.97 Å². The van der Waals surface area contributed by atoms with Crippen molar-refractivity contribution < 1.29 is 17.9 Å². The lowest BCUT2D eigenvalue weighted by Crippen LogP contribution is -2.51. The van der Waals surface area contributed by atoms with Gasteiger partial charge in [-0.2, -0.15) is 4.31 Å². The van der Waals surface area contributed by atoms with Gasteiger partial charge in [-0.25, -0.2) is 8.42 Å². The molecule has 2 unspecified atom stereocenters. The van der Waals surface area contributed by atoms with E-state index in [4.69, 9.17) is 0 Å². The van der Waals surface area contributed by atoms with Crippen molar-refractivity contribution in [3.05, 3.63) is 0 Å². The second kappa shape index (κ2) is 7.07. The summed E-state index contributed by atoms with van der Waals surface area (Å²) in [6.07, 6.45) is 4.77. The first-order chi connectivity index (χ1) is 9.96. The van der Waals surface area contributed by atoms with Crippen LogP contribution >= 0.6 is 0 Å². The number of nitrogens with zero attached hydrogens (tertiary/aromatic N) is 1. The highest BCUT2D eigenvalue weighted by Crippen LogP contribution is 2.31. The molecular formula is C14H26N2O4S. The number of piperidine rings is 1. The summed E-state index contributed by atoms with van der Waals surface area (Å²) in [5, 5.41) is 3.53. The van der Waals surface area contributed by atoms with Crippen molar-refractivity contribution in [1.82, 2.24) is 9.62 Å². The van der Waals surface area contributed by atoms with Crippen LogP contribution in [0.5, 0.6) is 0 Å². The van der Waals surface area contributed by atoms with Gasteiger partial charge in [0.25, 0.3) is 0 Å². The third-order valence-corrected chi connectivity index (χ3v) is 6.36. The first kappa shape index (κ1) is 16.7. The fourth-order valence-corrected chi connectivity index (χ4v) is 5.21. The average Bonchev–Trinajstić information content (AvgIpc) is 2.80. The summed E-state index contributed by atoms with van der Waals surface area (Å²) in [6, 6.07) is 0.971. The van der Waals surface area contributed by atoms with Crippen molar-refractivity contribution in [3.63, 3.8) is 0 Å². The van der Waals surface area contributed by atoms with Crippen LogP contribution < -0.4 is 5.32 Å². The Morgan fingerprint density at radius 1 is 1.29 bits per heavy atom. The molecule has 21 heavy (non-hydrogen) atoms. The van der Waals surface area contributed by atoms with Crippen LogP contribution in [-0.4, -0.2) is 56.2 Å². The number of hydrogen-bond acceptors (Lipinski definition) is 5. The number of esters is 1. The Bertz CT molecular complexity index is 454. The highest BCUT2D eigenvalue weighted by molar-refractivity contribution is 7.89. The molecule has 0 aromatic heterocycles. The molecule has 2 bridgehead atoms. The van der Waals surface area contributed by atoms with E-state index in [2.05, 4.69) is 10.1 Å². The third-order valence-electron chi connectivity index (χ3n) is 4.45. The van der Waals surface area contributed by atoms with Crippen molar-refractivity contribution in [3.8, 4) is 0 Å². The maximum absolute atomic E-state index is 12.6. The lowest BCUT2D eigenvalue weighted by molar-refractivity contribution is -0.140. The monoisotopic (exact) mass is 318 g/mol. The Kier molecular flexibility index (Phi) is 5.62. The molecule has 0 aliphatic carbocycles. The van der Waals surface area contributed by atoms with Gasteiger partial charge in [0.15, 0.2) is 0 Å². The summed E-state index contributed by atoms with van der Waals surface area (Å²) in [6.45, 7) is 2.52. The van der Waals surface area contributed by atoms with E-state index in [1.165, 1.54) is 7.11 Å². The van der Waals surface area contributed by atoms with Gasteiger partial charge < -0.3 is 10.1 Å². The van der Waals surface area contributed by atoms with Crippen LogP contribution in [-0.2, 0) is 19.6 Å². The standard InChI is InChI=1S/C14H26N2O4S/c1-3-7-16(21(18,19)8-6-14(17)20-2)13-9-11-4-5-12(10-13)15-11/h11-13,15H,3-10H2,1-2H3. The third kappa shape index (κ3) is 4.17. The van der Waals surface area contributed by atoms with Crippen molar-refractivity contribution in [2.24, 2.45) is 0 Å². The highest BCUT2D eigenvalue weighted by Gasteiger charge is 2.39. The first-order valence-corrected chi connectivity index (χ1v) is 9.39. The van der Waals surface area contributed by atoms with Gasteiger partial charge in [0.05, 0.1) is 19.3 Å². The molecule has 2 fully saturated rings. The van der Waals surface area contributed by atoms with Gasteiger partial charge in [0.1, 0.15) is 0 Å². The molecule has 0 aromatic rings. The maximum atomic E-state index is 12.6. The summed E-state index contributed by atoms with van der Waals surface area (Å²) in [5.41, 5.74) is 0. The van der Waals surface area contributed by atoms with Gasteiger partial charge in [0, 0.05) is 24.7 Å². The molecule has 0 saturated carbocycles.